The highest BCUT2D eigenvalue weighted by atomic mass is 35.5. The summed E-state index contributed by atoms with van der Waals surface area (Å²) in [5.74, 6) is -0.0863. The van der Waals surface area contributed by atoms with Crippen molar-refractivity contribution in [3.8, 4) is 22.3 Å². The first-order valence-corrected chi connectivity index (χ1v) is 24.3. The summed E-state index contributed by atoms with van der Waals surface area (Å²) in [5.41, 5.74) is 4.55. The van der Waals surface area contributed by atoms with Crippen LogP contribution in [0.4, 0.5) is 5.82 Å². The number of aryl methyl sites for hydroxylation is 1. The molecule has 7 rings (SSSR count). The molecule has 0 radical (unpaired) electrons. The van der Waals surface area contributed by atoms with Gasteiger partial charge in [0.1, 0.15) is 42.4 Å². The molecule has 2 aromatic heterocycles. The standard InChI is InChI=1S/C50H62ClN9O7S/c1-30(32-8-10-33(11-9-32)44-31(2)54-29-68-44)55-47(64)39-22-36(61)27-60(39)48(65)45(49(3,4)5)57-43(62)28-66-21-20-58-16-18-59(19-17-58)42-15-13-35(26-53-42)46(63)56-40-24-41(50(40,6)7)67-37-14-12-34(25-52)38(51)23-37/h8-15,23,26,29-30,36,39-41,45,61H,16-22,24,27-28H2,1-7H3,(H,55,64)(H,56,63)(H,57,62)/t30-,36+,39-,40-,41+,45?/m0/s1. The van der Waals surface area contributed by atoms with E-state index in [0.29, 0.717) is 41.5 Å². The SMILES string of the molecule is Cc1ncsc1-c1ccc([C@H](C)NC(=O)[C@@H]2C[C@@H](O)CN2C(=O)C(NC(=O)COCCN2CCN(c3ccc(C(=O)N[C@H]4C[C@@H](Oc5ccc(C#N)c(Cl)c5)C4(C)C)cn3)CC2)C(C)(C)C)cc1. The van der Waals surface area contributed by atoms with Crippen LogP contribution in [0, 0.1) is 29.1 Å². The van der Waals surface area contributed by atoms with Crippen molar-refractivity contribution in [1.29, 1.82) is 5.26 Å². The molecule has 1 aliphatic carbocycles. The number of amides is 4. The van der Waals surface area contributed by atoms with Crippen LogP contribution in [0.5, 0.6) is 5.75 Å². The molecular formula is C50H62ClN9O7S. The van der Waals surface area contributed by atoms with E-state index < -0.39 is 35.4 Å². The topological polar surface area (TPSA) is 202 Å². The van der Waals surface area contributed by atoms with Gasteiger partial charge in [-0.1, -0.05) is 70.5 Å². The molecule has 4 aromatic rings. The first-order valence-electron chi connectivity index (χ1n) is 23.1. The number of carbonyl (C=O) groups is 4. The van der Waals surface area contributed by atoms with Gasteiger partial charge in [-0.3, -0.25) is 24.1 Å². The van der Waals surface area contributed by atoms with Crippen LogP contribution in [0.2, 0.25) is 5.02 Å². The molecule has 3 fully saturated rings. The summed E-state index contributed by atoms with van der Waals surface area (Å²) in [6, 6.07) is 16.3. The Morgan fingerprint density at radius 1 is 1.01 bits per heavy atom. The number of carbonyl (C=O) groups excluding carboxylic acids is 4. The van der Waals surface area contributed by atoms with Gasteiger partial charge in [0.15, 0.2) is 0 Å². The Morgan fingerprint density at radius 2 is 1.75 bits per heavy atom. The zero-order valence-corrected chi connectivity index (χ0v) is 41.3. The number of aliphatic hydroxyl groups excluding tert-OH is 1. The van der Waals surface area contributed by atoms with Gasteiger partial charge in [0.25, 0.3) is 5.91 Å². The number of nitrogens with zero attached hydrogens (tertiary/aromatic N) is 6. The number of rotatable bonds is 16. The lowest BCUT2D eigenvalue weighted by Crippen LogP contribution is -2.63. The zero-order valence-electron chi connectivity index (χ0n) is 39.8. The van der Waals surface area contributed by atoms with Crippen molar-refractivity contribution in [3.05, 3.63) is 93.7 Å². The summed E-state index contributed by atoms with van der Waals surface area (Å²) >= 11 is 7.76. The van der Waals surface area contributed by atoms with E-state index in [4.69, 9.17) is 26.3 Å². The number of anilines is 1. The second-order valence-corrected chi connectivity index (χ2v) is 20.9. The number of halogens is 1. The number of benzene rings is 2. The number of aromatic nitrogens is 2. The lowest BCUT2D eigenvalue weighted by atomic mass is 9.64. The highest BCUT2D eigenvalue weighted by Gasteiger charge is 2.51. The fraction of sp³-hybridized carbons (Fsp3) is 0.500. The molecule has 3 aliphatic rings. The van der Waals surface area contributed by atoms with Crippen LogP contribution in [0.1, 0.15) is 87.6 Å². The number of thiazole rings is 1. The van der Waals surface area contributed by atoms with Crippen LogP contribution in [0.3, 0.4) is 0 Å². The van der Waals surface area contributed by atoms with Crippen molar-refractivity contribution in [3.63, 3.8) is 0 Å². The first-order chi connectivity index (χ1) is 32.3. The van der Waals surface area contributed by atoms with Gasteiger partial charge in [0.05, 0.1) is 51.0 Å². The normalized spacial score (nSPS) is 21.2. The second kappa shape index (κ2) is 21.3. The highest BCUT2D eigenvalue weighted by Crippen LogP contribution is 2.43. The average Bonchev–Trinajstić information content (AvgIpc) is 3.94. The molecule has 68 heavy (non-hydrogen) atoms. The number of nitrogens with one attached hydrogen (secondary N) is 3. The molecule has 0 spiro atoms. The van der Waals surface area contributed by atoms with E-state index in [1.54, 1.807) is 41.8 Å². The van der Waals surface area contributed by atoms with Crippen molar-refractivity contribution in [1.82, 2.24) is 35.7 Å². The maximum Gasteiger partial charge on any atom is 0.253 e. The predicted molar refractivity (Wildman–Crippen MR) is 260 cm³/mol. The number of β-amino-alcohol motifs (C(OH)–C–C–N with tert-alkyl or cyclic N) is 1. The average molecular weight is 969 g/mol. The van der Waals surface area contributed by atoms with Crippen LogP contribution in [0.15, 0.2) is 66.3 Å². The Labute approximate surface area is 407 Å². The van der Waals surface area contributed by atoms with Gasteiger partial charge >= 0.3 is 0 Å². The lowest BCUT2D eigenvalue weighted by molar-refractivity contribution is -0.144. The summed E-state index contributed by atoms with van der Waals surface area (Å²) in [7, 11) is 0. The number of hydrogen-bond acceptors (Lipinski definition) is 13. The monoisotopic (exact) mass is 967 g/mol. The van der Waals surface area contributed by atoms with E-state index in [2.05, 4.69) is 35.7 Å². The number of piperazine rings is 1. The Hall–Kier alpha value is -5.64. The van der Waals surface area contributed by atoms with Crippen molar-refractivity contribution < 1.29 is 33.8 Å². The molecule has 4 heterocycles. The first kappa shape index (κ1) is 50.2. The molecule has 1 unspecified atom stereocenters. The van der Waals surface area contributed by atoms with Gasteiger partial charge in [0.2, 0.25) is 17.7 Å². The van der Waals surface area contributed by atoms with E-state index in [1.165, 1.54) is 4.90 Å². The van der Waals surface area contributed by atoms with Crippen LogP contribution >= 0.6 is 22.9 Å². The van der Waals surface area contributed by atoms with Gasteiger partial charge in [-0.15, -0.1) is 11.3 Å². The van der Waals surface area contributed by atoms with Crippen LogP contribution in [-0.2, 0) is 19.1 Å². The molecule has 18 heteroatoms. The zero-order chi connectivity index (χ0) is 48.9. The van der Waals surface area contributed by atoms with E-state index in [0.717, 1.165) is 53.7 Å². The molecule has 16 nitrogen and oxygen atoms in total. The molecule has 1 saturated carbocycles. The summed E-state index contributed by atoms with van der Waals surface area (Å²) in [6.07, 6.45) is 1.31. The van der Waals surface area contributed by atoms with Crippen molar-refractivity contribution in [2.24, 2.45) is 10.8 Å². The summed E-state index contributed by atoms with van der Waals surface area (Å²) in [5, 5.41) is 29.2. The molecule has 2 aliphatic heterocycles. The van der Waals surface area contributed by atoms with Gasteiger partial charge in [-0.2, -0.15) is 5.26 Å². The maximum absolute atomic E-state index is 14.1. The van der Waals surface area contributed by atoms with Crippen LogP contribution in [0.25, 0.3) is 10.4 Å². The second-order valence-electron chi connectivity index (χ2n) is 19.6. The quantitative estimate of drug-likeness (QED) is 0.103. The number of hydrogen-bond donors (Lipinski definition) is 4. The Morgan fingerprint density at radius 3 is 2.37 bits per heavy atom. The molecule has 0 bridgehead atoms. The van der Waals surface area contributed by atoms with Crippen LogP contribution in [-0.4, -0.2) is 131 Å². The summed E-state index contributed by atoms with van der Waals surface area (Å²) in [6.45, 7) is 17.1. The highest BCUT2D eigenvalue weighted by molar-refractivity contribution is 7.13. The smallest absolute Gasteiger partial charge is 0.253 e. The van der Waals surface area contributed by atoms with E-state index in [-0.39, 0.29) is 55.0 Å². The number of likely N-dealkylation sites (tertiary alicyclic amines) is 1. The van der Waals surface area contributed by atoms with Gasteiger partial charge in [0, 0.05) is 75.8 Å². The molecule has 362 valence electrons. The minimum absolute atomic E-state index is 0.0176. The Kier molecular flexibility index (Phi) is 15.8. The van der Waals surface area contributed by atoms with Gasteiger partial charge in [-0.05, 0) is 54.7 Å². The Bertz CT molecular complexity index is 2480. The van der Waals surface area contributed by atoms with Crippen molar-refractivity contribution in [2.45, 2.75) is 97.7 Å². The maximum atomic E-state index is 14.1. The third-order valence-corrected chi connectivity index (χ3v) is 14.7. The van der Waals surface area contributed by atoms with Crippen molar-refractivity contribution in [2.75, 3.05) is 57.4 Å². The fourth-order valence-electron chi connectivity index (χ4n) is 8.88. The largest absolute Gasteiger partial charge is 0.490 e. The van der Waals surface area contributed by atoms with Gasteiger partial charge < -0.3 is 40.3 Å². The van der Waals surface area contributed by atoms with Crippen molar-refractivity contribution >= 4 is 52.4 Å². The summed E-state index contributed by atoms with van der Waals surface area (Å²) < 4.78 is 11.9. The van der Waals surface area contributed by atoms with Crippen LogP contribution < -0.4 is 25.6 Å². The lowest BCUT2D eigenvalue weighted by Gasteiger charge is -2.51. The minimum Gasteiger partial charge on any atom is -0.490 e. The number of nitriles is 1. The minimum atomic E-state index is -0.963. The van der Waals surface area contributed by atoms with E-state index >= 15 is 0 Å². The molecule has 2 saturated heterocycles. The molecular weight excluding hydrogens is 906 g/mol. The van der Waals surface area contributed by atoms with E-state index in [9.17, 15) is 24.3 Å². The molecule has 4 N–H and O–H groups in total. The third kappa shape index (κ3) is 11.8. The number of aliphatic hydroxyl groups is 1. The Balaban J connectivity index is 0.817. The van der Waals surface area contributed by atoms with Gasteiger partial charge in [-0.25, -0.2) is 9.97 Å². The number of pyridine rings is 1. The molecule has 6 atom stereocenters. The number of ether oxygens (including phenoxy) is 2. The third-order valence-electron chi connectivity index (χ3n) is 13.4. The predicted octanol–water partition coefficient (Wildman–Crippen LogP) is 5.52. The molecule has 4 amide bonds. The molecule has 2 aromatic carbocycles. The fourth-order valence-corrected chi connectivity index (χ4v) is 9.91. The summed E-state index contributed by atoms with van der Waals surface area (Å²) in [4.78, 5) is 70.1. The van der Waals surface area contributed by atoms with E-state index in [1.807, 2.05) is 90.4 Å².